The van der Waals surface area contributed by atoms with Gasteiger partial charge in [-0.1, -0.05) is 284 Å². The Labute approximate surface area is 473 Å². The molecule has 1 saturated heterocycles. The van der Waals surface area contributed by atoms with Crippen molar-refractivity contribution in [2.75, 3.05) is 13.2 Å². The number of carbonyl (C=O) groups excluding carboxylic acids is 1. The minimum atomic E-state index is -1.56. The first kappa shape index (κ1) is 72.1. The quantitative estimate of drug-likeness (QED) is 0.0261. The Morgan fingerprint density at radius 1 is 0.455 bits per heavy atom. The number of nitrogens with one attached hydrogen (secondary N) is 1. The highest BCUT2D eigenvalue weighted by Gasteiger charge is 2.44. The number of unbranched alkanes of at least 4 members (excludes halogenated alkanes) is 28. The average Bonchev–Trinajstić information content (AvgIpc) is 3.43. The molecule has 0 aromatic rings. The third kappa shape index (κ3) is 45.5. The lowest BCUT2D eigenvalue weighted by Crippen LogP contribution is -2.60. The molecule has 9 heteroatoms. The summed E-state index contributed by atoms with van der Waals surface area (Å²) in [4.78, 5) is 13.1. The van der Waals surface area contributed by atoms with E-state index in [9.17, 15) is 30.3 Å². The van der Waals surface area contributed by atoms with Gasteiger partial charge in [0.25, 0.3) is 0 Å². The molecule has 1 rings (SSSR count). The second-order valence-electron chi connectivity index (χ2n) is 21.8. The van der Waals surface area contributed by atoms with E-state index in [1.54, 1.807) is 0 Å². The summed E-state index contributed by atoms with van der Waals surface area (Å²) in [6.07, 6.45) is 74.6. The Kier molecular flexibility index (Phi) is 52.8. The number of hydrogen-bond donors (Lipinski definition) is 6. The molecular weight excluding hydrogens is 959 g/mol. The summed E-state index contributed by atoms with van der Waals surface area (Å²) >= 11 is 0. The fraction of sp³-hybridized carbons (Fsp3) is 0.750. The van der Waals surface area contributed by atoms with Crippen molar-refractivity contribution in [2.24, 2.45) is 0 Å². The molecule has 6 N–H and O–H groups in total. The number of allylic oxidation sites excluding steroid dienone is 16. The third-order valence-electron chi connectivity index (χ3n) is 14.7. The van der Waals surface area contributed by atoms with Crippen LogP contribution in [0.2, 0.25) is 0 Å². The van der Waals surface area contributed by atoms with Gasteiger partial charge in [0.05, 0.1) is 25.4 Å². The van der Waals surface area contributed by atoms with Crippen molar-refractivity contribution in [2.45, 2.75) is 314 Å². The molecule has 77 heavy (non-hydrogen) atoms. The van der Waals surface area contributed by atoms with Gasteiger partial charge >= 0.3 is 0 Å². The molecular formula is C68H119NO8. The normalized spacial score (nSPS) is 19.4. The third-order valence-corrected chi connectivity index (χ3v) is 14.7. The van der Waals surface area contributed by atoms with Crippen molar-refractivity contribution in [3.05, 3.63) is 97.2 Å². The second-order valence-corrected chi connectivity index (χ2v) is 21.8. The summed E-state index contributed by atoms with van der Waals surface area (Å²) in [5.41, 5.74) is 0. The Morgan fingerprint density at radius 3 is 1.19 bits per heavy atom. The Bertz CT molecular complexity index is 1530. The summed E-state index contributed by atoms with van der Waals surface area (Å²) in [6.45, 7) is 3.73. The van der Waals surface area contributed by atoms with Crippen LogP contribution in [-0.2, 0) is 14.3 Å². The Hall–Kier alpha value is -2.89. The van der Waals surface area contributed by atoms with Gasteiger partial charge < -0.3 is 40.3 Å². The fourth-order valence-electron chi connectivity index (χ4n) is 9.71. The molecule has 444 valence electrons. The van der Waals surface area contributed by atoms with E-state index in [0.717, 1.165) is 89.9 Å². The topological polar surface area (TPSA) is 149 Å². The number of hydrogen-bond acceptors (Lipinski definition) is 8. The maximum absolute atomic E-state index is 13.1. The van der Waals surface area contributed by atoms with Crippen LogP contribution in [0.5, 0.6) is 0 Å². The zero-order valence-corrected chi connectivity index (χ0v) is 49.4. The molecule has 0 saturated carbocycles. The molecule has 1 aliphatic heterocycles. The summed E-state index contributed by atoms with van der Waals surface area (Å²) in [5, 5.41) is 54.6. The van der Waals surface area contributed by atoms with E-state index < -0.39 is 49.5 Å². The standard InChI is InChI=1S/C68H119NO8/c1-3-5-7-9-11-13-15-17-18-19-20-21-22-23-24-25-26-27-28-29-30-31-32-33-34-35-36-37-38-39-40-41-42-43-44-46-48-50-52-54-56-58-64(72)69-61(60-76-68-67(75)66(74)65(73)63(59-70)77-68)62(71)57-55-53-51-49-47-45-16-14-12-10-8-6-4-2/h5,7,11,13,17-18,20-21,23-24,26-27,29-30,32-33,61-63,65-68,70-71,73-75H,3-4,6,8-10,12,14-16,19,22,25,28,31,34-60H2,1-2H3,(H,69,72)/b7-5-,13-11-,18-17-,21-20-,24-23-,27-26-,30-29-,33-32-. The molecule has 7 atom stereocenters. The molecule has 0 aliphatic carbocycles. The van der Waals surface area contributed by atoms with Gasteiger partial charge in [-0.25, -0.2) is 0 Å². The predicted molar refractivity (Wildman–Crippen MR) is 327 cm³/mol. The van der Waals surface area contributed by atoms with Crippen LogP contribution in [0.1, 0.15) is 271 Å². The summed E-state index contributed by atoms with van der Waals surface area (Å²) in [5.74, 6) is -0.145. The fourth-order valence-corrected chi connectivity index (χ4v) is 9.71. The maximum Gasteiger partial charge on any atom is 0.220 e. The first-order chi connectivity index (χ1) is 37.8. The zero-order chi connectivity index (χ0) is 55.8. The molecule has 0 aromatic carbocycles. The van der Waals surface area contributed by atoms with E-state index in [1.165, 1.54) is 154 Å². The van der Waals surface area contributed by atoms with Crippen LogP contribution in [0, 0.1) is 0 Å². The smallest absolute Gasteiger partial charge is 0.220 e. The van der Waals surface area contributed by atoms with Crippen LogP contribution in [0.25, 0.3) is 0 Å². The van der Waals surface area contributed by atoms with Crippen molar-refractivity contribution in [3.63, 3.8) is 0 Å². The molecule has 1 aliphatic rings. The lowest BCUT2D eigenvalue weighted by atomic mass is 9.99. The number of aliphatic hydroxyl groups excluding tert-OH is 5. The van der Waals surface area contributed by atoms with Crippen molar-refractivity contribution in [1.29, 1.82) is 0 Å². The van der Waals surface area contributed by atoms with Gasteiger partial charge in [0.1, 0.15) is 24.4 Å². The van der Waals surface area contributed by atoms with Gasteiger partial charge in [-0.15, -0.1) is 0 Å². The zero-order valence-electron chi connectivity index (χ0n) is 49.4. The number of amides is 1. The van der Waals surface area contributed by atoms with Gasteiger partial charge in [0.2, 0.25) is 5.91 Å². The van der Waals surface area contributed by atoms with Gasteiger partial charge in [0, 0.05) is 6.42 Å². The molecule has 1 heterocycles. The second kappa shape index (κ2) is 56.4. The van der Waals surface area contributed by atoms with E-state index in [0.29, 0.717) is 12.8 Å². The number of rotatable bonds is 54. The molecule has 0 radical (unpaired) electrons. The van der Waals surface area contributed by atoms with Crippen molar-refractivity contribution in [1.82, 2.24) is 5.32 Å². The average molecular weight is 1080 g/mol. The lowest BCUT2D eigenvalue weighted by molar-refractivity contribution is -0.302. The minimum Gasteiger partial charge on any atom is -0.394 e. The first-order valence-electron chi connectivity index (χ1n) is 31.9. The van der Waals surface area contributed by atoms with Crippen molar-refractivity contribution in [3.8, 4) is 0 Å². The van der Waals surface area contributed by atoms with E-state index >= 15 is 0 Å². The Balaban J connectivity index is 2.06. The van der Waals surface area contributed by atoms with Crippen molar-refractivity contribution < 1.29 is 39.8 Å². The highest BCUT2D eigenvalue weighted by Crippen LogP contribution is 2.23. The minimum absolute atomic E-state index is 0.139. The molecule has 0 bridgehead atoms. The lowest BCUT2D eigenvalue weighted by Gasteiger charge is -2.40. The van der Waals surface area contributed by atoms with Crippen LogP contribution >= 0.6 is 0 Å². The van der Waals surface area contributed by atoms with Gasteiger partial charge in [0.15, 0.2) is 6.29 Å². The first-order valence-corrected chi connectivity index (χ1v) is 31.9. The molecule has 1 amide bonds. The van der Waals surface area contributed by atoms with Crippen LogP contribution in [-0.4, -0.2) is 87.5 Å². The summed E-state index contributed by atoms with van der Waals surface area (Å²) in [6, 6.07) is -0.722. The highest BCUT2D eigenvalue weighted by molar-refractivity contribution is 5.76. The van der Waals surface area contributed by atoms with Crippen LogP contribution in [0.15, 0.2) is 97.2 Å². The summed E-state index contributed by atoms with van der Waals surface area (Å²) in [7, 11) is 0. The van der Waals surface area contributed by atoms with Crippen LogP contribution < -0.4 is 5.32 Å². The SMILES string of the molecule is CC/C=C\C/C=C\C/C=C\C/C=C\C/C=C\C/C=C\C/C=C\C/C=C\CCCCCCCCCCCCCCCCCCC(=O)NC(COC1OC(CO)C(O)C(O)C1O)C(O)CCCCCCCCCCCCCCC. The van der Waals surface area contributed by atoms with Crippen molar-refractivity contribution >= 4 is 5.91 Å². The van der Waals surface area contributed by atoms with Crippen LogP contribution in [0.3, 0.4) is 0 Å². The number of ether oxygens (including phenoxy) is 2. The summed E-state index contributed by atoms with van der Waals surface area (Å²) < 4.78 is 11.3. The molecule has 0 aromatic heterocycles. The molecule has 7 unspecified atom stereocenters. The largest absolute Gasteiger partial charge is 0.394 e. The van der Waals surface area contributed by atoms with Gasteiger partial charge in [-0.3, -0.25) is 4.79 Å². The van der Waals surface area contributed by atoms with E-state index in [-0.39, 0.29) is 12.5 Å². The monoisotopic (exact) mass is 1080 g/mol. The van der Waals surface area contributed by atoms with E-state index in [2.05, 4.69) is 116 Å². The number of carbonyl (C=O) groups is 1. The van der Waals surface area contributed by atoms with Gasteiger partial charge in [-0.05, 0) is 77.0 Å². The predicted octanol–water partition coefficient (Wildman–Crippen LogP) is 16.7. The van der Waals surface area contributed by atoms with E-state index in [4.69, 9.17) is 9.47 Å². The maximum atomic E-state index is 13.1. The highest BCUT2D eigenvalue weighted by atomic mass is 16.7. The molecule has 1 fully saturated rings. The number of aliphatic hydroxyl groups is 5. The molecule has 9 nitrogen and oxygen atoms in total. The van der Waals surface area contributed by atoms with Crippen LogP contribution in [0.4, 0.5) is 0 Å². The van der Waals surface area contributed by atoms with Gasteiger partial charge in [-0.2, -0.15) is 0 Å². The Morgan fingerprint density at radius 2 is 0.805 bits per heavy atom. The van der Waals surface area contributed by atoms with E-state index in [1.807, 2.05) is 0 Å². The molecule has 0 spiro atoms.